The maximum atomic E-state index is 13.9. The van der Waals surface area contributed by atoms with Gasteiger partial charge in [-0.05, 0) is 61.6 Å². The van der Waals surface area contributed by atoms with Crippen molar-refractivity contribution in [3.63, 3.8) is 0 Å². The number of aryl methyl sites for hydroxylation is 1. The van der Waals surface area contributed by atoms with Gasteiger partial charge in [-0.2, -0.15) is 0 Å². The normalized spacial score (nSPS) is 18.4. The van der Waals surface area contributed by atoms with Crippen molar-refractivity contribution in [3.8, 4) is 22.8 Å². The first-order chi connectivity index (χ1) is 17.9. The Balaban J connectivity index is 1.53. The number of benzene rings is 2. The monoisotopic (exact) mass is 493 g/mol. The Labute approximate surface area is 216 Å². The molecule has 0 aromatic heterocycles. The SMILES string of the molecule is CCC1(C)C(O)=CC=C1Cc1nc2c(Cc3ccccc3)[nH]c3c(n-2c1=O)CCc1cc(OC)ccc1-3. The lowest BCUT2D eigenvalue weighted by atomic mass is 9.79. The van der Waals surface area contributed by atoms with Crippen molar-refractivity contribution >= 4 is 0 Å². The first kappa shape index (κ1) is 23.3. The number of rotatable bonds is 6. The third kappa shape index (κ3) is 3.70. The molecule has 37 heavy (non-hydrogen) atoms. The number of methoxy groups -OCH3 is 1. The van der Waals surface area contributed by atoms with Crippen molar-refractivity contribution in [2.24, 2.45) is 5.41 Å². The number of aromatic nitrogens is 3. The molecular formula is C31H31N3O3. The summed E-state index contributed by atoms with van der Waals surface area (Å²) < 4.78 is 7.29. The summed E-state index contributed by atoms with van der Waals surface area (Å²) in [6.45, 7) is 4.08. The molecule has 0 fully saturated rings. The summed E-state index contributed by atoms with van der Waals surface area (Å²) in [5.74, 6) is 1.88. The van der Waals surface area contributed by atoms with E-state index in [1.165, 1.54) is 5.56 Å². The number of imidazole rings is 1. The number of H-pyrrole nitrogens is 1. The smallest absolute Gasteiger partial charge is 0.278 e. The van der Waals surface area contributed by atoms with E-state index in [2.05, 4.69) is 36.2 Å². The van der Waals surface area contributed by atoms with Crippen molar-refractivity contribution in [2.75, 3.05) is 7.11 Å². The standard InChI is InChI=1S/C31H31N3O3/c1-4-31(2)21(11-15-27(31)35)18-25-30(36)34-26-14-10-20-17-22(37-3)12-13-23(20)28(26)32-24(29(34)33-25)16-19-8-6-5-7-9-19/h5-9,11-13,15,17,32,35H,4,10,14,16,18H2,1-3H3. The average molecular weight is 494 g/mol. The predicted molar refractivity (Wildman–Crippen MR) is 145 cm³/mol. The van der Waals surface area contributed by atoms with Crippen LogP contribution in [-0.4, -0.2) is 26.8 Å². The van der Waals surface area contributed by atoms with Crippen molar-refractivity contribution in [2.45, 2.75) is 46.0 Å². The first-order valence-corrected chi connectivity index (χ1v) is 12.9. The molecule has 0 radical (unpaired) electrons. The highest BCUT2D eigenvalue weighted by Gasteiger charge is 2.36. The lowest BCUT2D eigenvalue weighted by Crippen LogP contribution is -2.26. The number of fused-ring (bicyclic) bond motifs is 5. The molecule has 2 aliphatic heterocycles. The molecule has 4 aliphatic rings. The van der Waals surface area contributed by atoms with Crippen LogP contribution in [0, 0.1) is 5.41 Å². The number of hydrogen-bond donors (Lipinski definition) is 2. The van der Waals surface area contributed by atoms with Gasteiger partial charge in [0.1, 0.15) is 17.2 Å². The topological polar surface area (TPSA) is 80.1 Å². The molecule has 1 atom stereocenters. The third-order valence-corrected chi connectivity index (χ3v) is 8.22. The van der Waals surface area contributed by atoms with E-state index >= 15 is 0 Å². The molecule has 0 saturated heterocycles. The van der Waals surface area contributed by atoms with Crippen molar-refractivity contribution < 1.29 is 9.84 Å². The van der Waals surface area contributed by atoms with Crippen LogP contribution in [0.3, 0.4) is 0 Å². The van der Waals surface area contributed by atoms with Crippen LogP contribution in [0.25, 0.3) is 17.1 Å². The van der Waals surface area contributed by atoms with Gasteiger partial charge in [0.15, 0.2) is 5.82 Å². The summed E-state index contributed by atoms with van der Waals surface area (Å²) >= 11 is 0. The van der Waals surface area contributed by atoms with Crippen LogP contribution in [0.4, 0.5) is 0 Å². The van der Waals surface area contributed by atoms with Gasteiger partial charge in [0.25, 0.3) is 5.56 Å². The van der Waals surface area contributed by atoms with E-state index in [4.69, 9.17) is 9.72 Å². The Bertz CT molecular complexity index is 1590. The third-order valence-electron chi connectivity index (χ3n) is 8.22. The highest BCUT2D eigenvalue weighted by Crippen LogP contribution is 2.43. The van der Waals surface area contributed by atoms with Crippen LogP contribution in [0.5, 0.6) is 5.75 Å². The average Bonchev–Trinajstić information content (AvgIpc) is 3.40. The molecule has 0 bridgehead atoms. The van der Waals surface area contributed by atoms with Gasteiger partial charge in [0, 0.05) is 23.8 Å². The molecular weight excluding hydrogens is 462 g/mol. The van der Waals surface area contributed by atoms with Gasteiger partial charge < -0.3 is 14.8 Å². The minimum absolute atomic E-state index is 0.0720. The van der Waals surface area contributed by atoms with E-state index in [1.54, 1.807) is 13.2 Å². The minimum atomic E-state index is -0.460. The first-order valence-electron chi connectivity index (χ1n) is 12.9. The van der Waals surface area contributed by atoms with E-state index in [-0.39, 0.29) is 5.56 Å². The Morgan fingerprint density at radius 3 is 2.68 bits per heavy atom. The van der Waals surface area contributed by atoms with Gasteiger partial charge >= 0.3 is 0 Å². The zero-order chi connectivity index (χ0) is 25.7. The van der Waals surface area contributed by atoms with Gasteiger partial charge in [-0.15, -0.1) is 0 Å². The number of ether oxygens (including phenoxy) is 1. The molecule has 2 aromatic carbocycles. The van der Waals surface area contributed by atoms with Gasteiger partial charge in [-0.1, -0.05) is 48.9 Å². The van der Waals surface area contributed by atoms with Crippen LogP contribution < -0.4 is 10.3 Å². The zero-order valence-corrected chi connectivity index (χ0v) is 21.5. The number of allylic oxidation sites excluding steroid dienone is 3. The fraction of sp³-hybridized carbons (Fsp3) is 0.290. The minimum Gasteiger partial charge on any atom is -0.511 e. The predicted octanol–water partition coefficient (Wildman–Crippen LogP) is 5.70. The van der Waals surface area contributed by atoms with Gasteiger partial charge in [-0.25, -0.2) is 4.98 Å². The van der Waals surface area contributed by atoms with E-state index in [1.807, 2.05) is 41.8 Å². The van der Waals surface area contributed by atoms with Crippen LogP contribution in [0.1, 0.15) is 48.5 Å². The summed E-state index contributed by atoms with van der Waals surface area (Å²) in [5.41, 5.74) is 7.31. The second kappa shape index (κ2) is 8.80. The molecule has 2 aliphatic carbocycles. The molecule has 6 rings (SSSR count). The maximum Gasteiger partial charge on any atom is 0.278 e. The summed E-state index contributed by atoms with van der Waals surface area (Å²) in [6.07, 6.45) is 7.06. The second-order valence-electron chi connectivity index (χ2n) is 10.2. The molecule has 6 nitrogen and oxygen atoms in total. The summed E-state index contributed by atoms with van der Waals surface area (Å²) in [7, 11) is 1.68. The molecule has 2 N–H and O–H groups in total. The Kier molecular flexibility index (Phi) is 5.55. The fourth-order valence-corrected chi connectivity index (χ4v) is 5.75. The molecule has 188 valence electrons. The number of nitrogens with zero attached hydrogens (tertiary/aromatic N) is 2. The lowest BCUT2D eigenvalue weighted by Gasteiger charge is -2.26. The van der Waals surface area contributed by atoms with Crippen LogP contribution in [-0.2, 0) is 25.7 Å². The highest BCUT2D eigenvalue weighted by molar-refractivity contribution is 5.71. The van der Waals surface area contributed by atoms with E-state index < -0.39 is 5.41 Å². The molecule has 0 saturated carbocycles. The van der Waals surface area contributed by atoms with Gasteiger partial charge in [-0.3, -0.25) is 9.36 Å². The van der Waals surface area contributed by atoms with E-state index in [0.717, 1.165) is 58.8 Å². The Morgan fingerprint density at radius 1 is 1.11 bits per heavy atom. The quantitative estimate of drug-likeness (QED) is 0.361. The van der Waals surface area contributed by atoms with E-state index in [0.29, 0.717) is 30.1 Å². The molecule has 0 spiro atoms. The van der Waals surface area contributed by atoms with E-state index in [9.17, 15) is 9.90 Å². The second-order valence-corrected chi connectivity index (χ2v) is 10.2. The fourth-order valence-electron chi connectivity index (χ4n) is 5.75. The molecule has 0 amide bonds. The van der Waals surface area contributed by atoms with Crippen molar-refractivity contribution in [3.05, 3.63) is 111 Å². The van der Waals surface area contributed by atoms with Crippen molar-refractivity contribution in [1.82, 2.24) is 14.5 Å². The summed E-state index contributed by atoms with van der Waals surface area (Å²) in [6, 6.07) is 16.4. The van der Waals surface area contributed by atoms with Crippen molar-refractivity contribution in [1.29, 1.82) is 0 Å². The number of hydrogen-bond acceptors (Lipinski definition) is 4. The molecule has 2 heterocycles. The number of aliphatic hydroxyl groups excluding tert-OH is 1. The number of nitrogens with one attached hydrogen (secondary N) is 1. The highest BCUT2D eigenvalue weighted by atomic mass is 16.5. The molecule has 1 unspecified atom stereocenters. The van der Waals surface area contributed by atoms with Gasteiger partial charge in [0.05, 0.1) is 24.2 Å². The summed E-state index contributed by atoms with van der Waals surface area (Å²) in [5, 5.41) is 10.5. The van der Waals surface area contributed by atoms with Crippen LogP contribution in [0.15, 0.2) is 76.8 Å². The number of aromatic amines is 1. The summed E-state index contributed by atoms with van der Waals surface area (Å²) in [4.78, 5) is 22.6. The zero-order valence-electron chi connectivity index (χ0n) is 21.5. The molecule has 2 aromatic rings. The number of aliphatic hydroxyl groups is 1. The van der Waals surface area contributed by atoms with Gasteiger partial charge in [0.2, 0.25) is 0 Å². The van der Waals surface area contributed by atoms with Crippen LogP contribution in [0.2, 0.25) is 0 Å². The Morgan fingerprint density at radius 2 is 1.92 bits per heavy atom. The Hall–Kier alpha value is -4.06. The van der Waals surface area contributed by atoms with Crippen LogP contribution >= 0.6 is 0 Å². The largest absolute Gasteiger partial charge is 0.511 e. The maximum absolute atomic E-state index is 13.9. The lowest BCUT2D eigenvalue weighted by molar-refractivity contribution is 0.271. The molecule has 6 heteroatoms.